The van der Waals surface area contributed by atoms with Crippen molar-refractivity contribution in [1.82, 2.24) is 5.32 Å². The van der Waals surface area contributed by atoms with Crippen molar-refractivity contribution < 1.29 is 9.90 Å². The average molecular weight is 336 g/mol. The summed E-state index contributed by atoms with van der Waals surface area (Å²) in [6.07, 6.45) is 1.49. The van der Waals surface area contributed by atoms with Gasteiger partial charge in [0.2, 0.25) is 5.91 Å². The van der Waals surface area contributed by atoms with Crippen LogP contribution in [0.2, 0.25) is 10.0 Å². The lowest BCUT2D eigenvalue weighted by molar-refractivity contribution is -0.119. The highest BCUT2D eigenvalue weighted by Crippen LogP contribution is 2.24. The molecule has 1 aromatic rings. The smallest absolute Gasteiger partial charge is 0.230 e. The van der Waals surface area contributed by atoms with Crippen LogP contribution in [-0.2, 0) is 10.5 Å². The molecular weight excluding hydrogens is 317 g/mol. The fourth-order valence-corrected chi connectivity index (χ4v) is 3.08. The van der Waals surface area contributed by atoms with E-state index in [1.54, 1.807) is 12.1 Å². The van der Waals surface area contributed by atoms with Crippen LogP contribution in [0.4, 0.5) is 0 Å². The molecule has 6 heteroatoms. The molecule has 2 N–H and O–H groups in total. The molecule has 0 heterocycles. The number of amides is 1. The molecule has 1 aromatic carbocycles. The molecule has 0 bridgehead atoms. The molecule has 0 aromatic heterocycles. The molecular formula is C14H19Cl2NO2S. The van der Waals surface area contributed by atoms with Gasteiger partial charge in [0.15, 0.2) is 0 Å². The summed E-state index contributed by atoms with van der Waals surface area (Å²) >= 11 is 13.4. The van der Waals surface area contributed by atoms with Crippen LogP contribution in [0.25, 0.3) is 0 Å². The third kappa shape index (κ3) is 6.84. The summed E-state index contributed by atoms with van der Waals surface area (Å²) < 4.78 is 0. The van der Waals surface area contributed by atoms with E-state index >= 15 is 0 Å². The second-order valence-corrected chi connectivity index (χ2v) is 6.39. The summed E-state index contributed by atoms with van der Waals surface area (Å²) in [5.41, 5.74) is 0.974. The second kappa shape index (κ2) is 9.50. The lowest BCUT2D eigenvalue weighted by Crippen LogP contribution is -2.33. The van der Waals surface area contributed by atoms with Gasteiger partial charge in [-0.1, -0.05) is 29.3 Å². The molecule has 0 aliphatic rings. The first-order valence-electron chi connectivity index (χ1n) is 6.45. The summed E-state index contributed by atoms with van der Waals surface area (Å²) in [5, 5.41) is 12.9. The maximum atomic E-state index is 11.7. The van der Waals surface area contributed by atoms with E-state index in [9.17, 15) is 4.79 Å². The topological polar surface area (TPSA) is 49.3 Å². The number of hydrogen-bond donors (Lipinski definition) is 2. The number of halogens is 2. The van der Waals surface area contributed by atoms with Crippen molar-refractivity contribution in [3.8, 4) is 0 Å². The molecule has 0 saturated heterocycles. The Hall–Kier alpha value is -0.420. The van der Waals surface area contributed by atoms with Gasteiger partial charge in [-0.15, -0.1) is 11.8 Å². The molecule has 3 nitrogen and oxygen atoms in total. The number of rotatable bonds is 8. The minimum absolute atomic E-state index is 0.00512. The zero-order valence-corrected chi connectivity index (χ0v) is 13.7. The molecule has 1 rings (SSSR count). The third-order valence-electron chi connectivity index (χ3n) is 2.71. The van der Waals surface area contributed by atoms with Gasteiger partial charge in [-0.3, -0.25) is 4.79 Å². The van der Waals surface area contributed by atoms with Gasteiger partial charge < -0.3 is 10.4 Å². The van der Waals surface area contributed by atoms with E-state index in [-0.39, 0.29) is 18.6 Å². The van der Waals surface area contributed by atoms with Gasteiger partial charge in [0, 0.05) is 28.4 Å². The highest BCUT2D eigenvalue weighted by atomic mass is 35.5. The summed E-state index contributed by atoms with van der Waals surface area (Å²) in [6.45, 7) is 2.10. The van der Waals surface area contributed by atoms with Crippen molar-refractivity contribution in [2.45, 2.75) is 31.6 Å². The van der Waals surface area contributed by atoms with Crippen molar-refractivity contribution in [2.75, 3.05) is 12.4 Å². The molecule has 1 amide bonds. The Morgan fingerprint density at radius 3 is 2.85 bits per heavy atom. The van der Waals surface area contributed by atoms with Crippen molar-refractivity contribution in [2.24, 2.45) is 0 Å². The molecule has 0 fully saturated rings. The Labute approximate surface area is 134 Å². The zero-order chi connectivity index (χ0) is 15.0. The number of hydrogen-bond acceptors (Lipinski definition) is 3. The monoisotopic (exact) mass is 335 g/mol. The summed E-state index contributed by atoms with van der Waals surface area (Å²) in [6, 6.07) is 5.46. The van der Waals surface area contributed by atoms with E-state index in [1.807, 2.05) is 13.0 Å². The Morgan fingerprint density at radius 1 is 1.45 bits per heavy atom. The van der Waals surface area contributed by atoms with E-state index in [0.717, 1.165) is 12.0 Å². The Kier molecular flexibility index (Phi) is 8.38. The van der Waals surface area contributed by atoms with Gasteiger partial charge in [0.25, 0.3) is 0 Å². The van der Waals surface area contributed by atoms with E-state index in [4.69, 9.17) is 28.3 Å². The van der Waals surface area contributed by atoms with Crippen LogP contribution in [0.15, 0.2) is 18.2 Å². The minimum atomic E-state index is 0.00512. The largest absolute Gasteiger partial charge is 0.396 e. The molecule has 0 spiro atoms. The van der Waals surface area contributed by atoms with Crippen LogP contribution in [0.1, 0.15) is 25.3 Å². The first kappa shape index (κ1) is 17.6. The maximum absolute atomic E-state index is 11.7. The van der Waals surface area contributed by atoms with Crippen LogP contribution < -0.4 is 5.32 Å². The van der Waals surface area contributed by atoms with Gasteiger partial charge in [0.1, 0.15) is 0 Å². The van der Waals surface area contributed by atoms with E-state index < -0.39 is 0 Å². The summed E-state index contributed by atoms with van der Waals surface area (Å²) in [5.74, 6) is 1.07. The van der Waals surface area contributed by atoms with Crippen molar-refractivity contribution in [3.05, 3.63) is 33.8 Å². The van der Waals surface area contributed by atoms with Crippen molar-refractivity contribution in [1.29, 1.82) is 0 Å². The van der Waals surface area contributed by atoms with Crippen LogP contribution in [0.3, 0.4) is 0 Å². The van der Waals surface area contributed by atoms with Gasteiger partial charge >= 0.3 is 0 Å². The highest BCUT2D eigenvalue weighted by molar-refractivity contribution is 7.99. The third-order valence-corrected chi connectivity index (χ3v) is 4.28. The fourth-order valence-electron chi connectivity index (χ4n) is 1.68. The highest BCUT2D eigenvalue weighted by Gasteiger charge is 2.08. The second-order valence-electron chi connectivity index (χ2n) is 4.56. The van der Waals surface area contributed by atoms with Crippen LogP contribution in [0.5, 0.6) is 0 Å². The number of carbonyl (C=O) groups is 1. The van der Waals surface area contributed by atoms with Gasteiger partial charge in [-0.05, 0) is 37.5 Å². The number of aliphatic hydroxyl groups excluding tert-OH is 1. The molecule has 0 aliphatic carbocycles. The van der Waals surface area contributed by atoms with E-state index in [0.29, 0.717) is 28.0 Å². The molecule has 1 unspecified atom stereocenters. The van der Waals surface area contributed by atoms with Crippen molar-refractivity contribution >= 4 is 40.9 Å². The molecule has 0 radical (unpaired) electrons. The van der Waals surface area contributed by atoms with Crippen LogP contribution in [-0.4, -0.2) is 29.4 Å². The zero-order valence-electron chi connectivity index (χ0n) is 11.4. The average Bonchev–Trinajstić information content (AvgIpc) is 2.39. The number of carbonyl (C=O) groups excluding carboxylic acids is 1. The predicted octanol–water partition coefficient (Wildman–Crippen LogP) is 3.50. The number of aliphatic hydroxyl groups is 1. The number of thioether (sulfide) groups is 1. The SMILES string of the molecule is CC(CCCO)NC(=O)CSCc1ccc(Cl)cc1Cl. The van der Waals surface area contributed by atoms with Gasteiger partial charge in [0.05, 0.1) is 5.75 Å². The molecule has 112 valence electrons. The lowest BCUT2D eigenvalue weighted by Gasteiger charge is -2.13. The van der Waals surface area contributed by atoms with Gasteiger partial charge in [-0.2, -0.15) is 0 Å². The lowest BCUT2D eigenvalue weighted by atomic mass is 10.2. The van der Waals surface area contributed by atoms with Gasteiger partial charge in [-0.25, -0.2) is 0 Å². The first-order chi connectivity index (χ1) is 9.52. The van der Waals surface area contributed by atoms with Crippen LogP contribution in [0, 0.1) is 0 Å². The quantitative estimate of drug-likeness (QED) is 0.764. The summed E-state index contributed by atoms with van der Waals surface area (Å²) in [4.78, 5) is 11.7. The Morgan fingerprint density at radius 2 is 2.20 bits per heavy atom. The first-order valence-corrected chi connectivity index (χ1v) is 8.36. The van der Waals surface area contributed by atoms with E-state index in [2.05, 4.69) is 5.32 Å². The Bertz CT molecular complexity index is 443. The standard InChI is InChI=1S/C14H19Cl2NO2S/c1-10(3-2-6-18)17-14(19)9-20-8-11-4-5-12(15)7-13(11)16/h4-5,7,10,18H,2-3,6,8-9H2,1H3,(H,17,19). The van der Waals surface area contributed by atoms with Crippen molar-refractivity contribution in [3.63, 3.8) is 0 Å². The van der Waals surface area contributed by atoms with Crippen LogP contribution >= 0.6 is 35.0 Å². The Balaban J connectivity index is 2.28. The molecule has 0 saturated carbocycles. The maximum Gasteiger partial charge on any atom is 0.230 e. The molecule has 20 heavy (non-hydrogen) atoms. The normalized spacial score (nSPS) is 12.2. The number of nitrogens with one attached hydrogen (secondary N) is 1. The summed E-state index contributed by atoms with van der Waals surface area (Å²) in [7, 11) is 0. The predicted molar refractivity (Wildman–Crippen MR) is 86.5 cm³/mol. The number of benzene rings is 1. The minimum Gasteiger partial charge on any atom is -0.396 e. The molecule has 0 aliphatic heterocycles. The van der Waals surface area contributed by atoms with E-state index in [1.165, 1.54) is 11.8 Å². The fraction of sp³-hybridized carbons (Fsp3) is 0.500. The molecule has 1 atom stereocenters.